The molecule has 3 nitrogen and oxygen atoms in total. The van der Waals surface area contributed by atoms with Gasteiger partial charge in [-0.05, 0) is 31.0 Å². The topological polar surface area (TPSA) is 35.5 Å². The molecular weight excluding hydrogens is 324 g/mol. The quantitative estimate of drug-likeness (QED) is 0.422. The first-order valence-corrected chi connectivity index (χ1v) is 12.3. The molecule has 0 spiro atoms. The fourth-order valence-electron chi connectivity index (χ4n) is 1.95. The van der Waals surface area contributed by atoms with E-state index < -0.39 is 8.32 Å². The minimum Gasteiger partial charge on any atom is -0.417 e. The number of hydrogen-bond acceptors (Lipinski definition) is 4. The van der Waals surface area contributed by atoms with Crippen LogP contribution >= 0.6 is 11.8 Å². The van der Waals surface area contributed by atoms with E-state index in [2.05, 4.69) is 54.6 Å². The lowest BCUT2D eigenvalue weighted by atomic mass is 10.0. The van der Waals surface area contributed by atoms with Crippen LogP contribution in [0.4, 0.5) is 0 Å². The molecule has 0 aliphatic heterocycles. The van der Waals surface area contributed by atoms with E-state index in [-0.39, 0.29) is 26.9 Å². The van der Waals surface area contributed by atoms with E-state index in [4.69, 9.17) is 9.16 Å². The average molecular weight is 363 g/mol. The van der Waals surface area contributed by atoms with Gasteiger partial charge in [-0.2, -0.15) is 0 Å². The van der Waals surface area contributed by atoms with Crippen LogP contribution in [0.25, 0.3) is 0 Å². The molecule has 0 aromatic carbocycles. The van der Waals surface area contributed by atoms with Gasteiger partial charge in [0.15, 0.2) is 13.4 Å². The van der Waals surface area contributed by atoms with E-state index in [9.17, 15) is 4.79 Å². The zero-order valence-electron chi connectivity index (χ0n) is 16.9. The van der Waals surface area contributed by atoms with Crippen molar-refractivity contribution in [1.82, 2.24) is 0 Å². The van der Waals surface area contributed by atoms with Crippen molar-refractivity contribution >= 4 is 25.2 Å². The van der Waals surface area contributed by atoms with Crippen molar-refractivity contribution in [2.45, 2.75) is 90.3 Å². The van der Waals surface area contributed by atoms with Crippen molar-refractivity contribution in [2.24, 2.45) is 5.92 Å². The lowest BCUT2D eigenvalue weighted by molar-refractivity contribution is -0.118. The van der Waals surface area contributed by atoms with E-state index >= 15 is 0 Å². The highest BCUT2D eigenvalue weighted by atomic mass is 32.2. The first-order valence-electron chi connectivity index (χ1n) is 8.61. The smallest absolute Gasteiger partial charge is 0.194 e. The molecule has 0 bridgehead atoms. The fraction of sp³-hybridized carbons (Fsp3) is 0.944. The maximum absolute atomic E-state index is 12.3. The number of rotatable bonds is 8. The summed E-state index contributed by atoms with van der Waals surface area (Å²) in [5.41, 5.74) is 0. The van der Waals surface area contributed by atoms with E-state index in [1.807, 2.05) is 6.92 Å². The molecule has 0 amide bonds. The van der Waals surface area contributed by atoms with Gasteiger partial charge < -0.3 is 9.16 Å². The largest absolute Gasteiger partial charge is 0.417 e. The molecule has 0 fully saturated rings. The van der Waals surface area contributed by atoms with Crippen LogP contribution < -0.4 is 0 Å². The molecule has 0 rings (SSSR count). The van der Waals surface area contributed by atoms with Gasteiger partial charge >= 0.3 is 0 Å². The maximum atomic E-state index is 12.3. The predicted octanol–water partition coefficient (Wildman–Crippen LogP) is 5.50. The van der Waals surface area contributed by atoms with Crippen LogP contribution in [0.3, 0.4) is 0 Å². The van der Waals surface area contributed by atoms with E-state index in [0.717, 1.165) is 19.4 Å². The molecule has 0 saturated heterocycles. The Morgan fingerprint density at radius 3 is 2.04 bits per heavy atom. The highest BCUT2D eigenvalue weighted by molar-refractivity contribution is 8.14. The first kappa shape index (κ1) is 23.2. The van der Waals surface area contributed by atoms with Crippen molar-refractivity contribution in [1.29, 1.82) is 0 Å². The lowest BCUT2D eigenvalue weighted by Crippen LogP contribution is -2.41. The van der Waals surface area contributed by atoms with E-state index in [1.54, 1.807) is 7.11 Å². The summed E-state index contributed by atoms with van der Waals surface area (Å²) in [5.74, 6) is -0.0860. The van der Waals surface area contributed by atoms with Crippen molar-refractivity contribution in [3.63, 3.8) is 0 Å². The van der Waals surface area contributed by atoms with Crippen LogP contribution in [0.5, 0.6) is 0 Å². The third kappa shape index (κ3) is 8.71. The summed E-state index contributed by atoms with van der Waals surface area (Å²) in [5, 5.41) is 0.454. The molecule has 0 N–H and O–H groups in total. The zero-order valence-corrected chi connectivity index (χ0v) is 18.7. The molecule has 0 aliphatic carbocycles. The summed E-state index contributed by atoms with van der Waals surface area (Å²) < 4.78 is 11.7. The van der Waals surface area contributed by atoms with Crippen molar-refractivity contribution < 1.29 is 14.0 Å². The number of carbonyl (C=O) groups is 1. The normalized spacial score (nSPS) is 16.3. The predicted molar refractivity (Wildman–Crippen MR) is 105 cm³/mol. The molecule has 0 saturated carbocycles. The van der Waals surface area contributed by atoms with Gasteiger partial charge in [0, 0.05) is 18.5 Å². The average Bonchev–Trinajstić information content (AvgIpc) is 2.34. The standard InChI is InChI=1S/C18H38O3SSi/c1-14(16(19)22-17(2,3)4)15(20-8)12-11-13-21-23(9,10)18(5,6)7/h14-15H,11-13H2,1-10H3/t14-,15-/m1/s1. The summed E-state index contributed by atoms with van der Waals surface area (Å²) >= 11 is 1.41. The van der Waals surface area contributed by atoms with Gasteiger partial charge in [0.05, 0.1) is 12.0 Å². The number of methoxy groups -OCH3 is 1. The van der Waals surface area contributed by atoms with Gasteiger partial charge in [-0.1, -0.05) is 60.2 Å². The maximum Gasteiger partial charge on any atom is 0.194 e. The molecular formula is C18H38O3SSi. The van der Waals surface area contributed by atoms with Crippen molar-refractivity contribution in [3.05, 3.63) is 0 Å². The Labute approximate surface area is 149 Å². The van der Waals surface area contributed by atoms with Gasteiger partial charge in [-0.3, -0.25) is 4.79 Å². The second-order valence-electron chi connectivity index (χ2n) is 8.85. The van der Waals surface area contributed by atoms with E-state index in [0.29, 0.717) is 0 Å². The van der Waals surface area contributed by atoms with Gasteiger partial charge in [0.1, 0.15) is 0 Å². The Kier molecular flexibility index (Phi) is 9.08. The molecule has 2 atom stereocenters. The molecule has 0 heterocycles. The van der Waals surface area contributed by atoms with Gasteiger partial charge in [0.25, 0.3) is 0 Å². The molecule has 0 radical (unpaired) electrons. The second kappa shape index (κ2) is 9.02. The summed E-state index contributed by atoms with van der Waals surface area (Å²) in [6.07, 6.45) is 1.77. The lowest BCUT2D eigenvalue weighted by Gasteiger charge is -2.36. The Hall–Kier alpha value is 0.157. The Bertz CT molecular complexity index is 369. The Balaban J connectivity index is 4.38. The monoisotopic (exact) mass is 362 g/mol. The molecule has 0 aliphatic rings. The SMILES string of the molecule is CO[C@H](CCCO[Si](C)(C)C(C)(C)C)[C@@H](C)C(=O)SC(C)(C)C. The van der Waals surface area contributed by atoms with Crippen LogP contribution in [0, 0.1) is 5.92 Å². The summed E-state index contributed by atoms with van der Waals surface area (Å²) in [4.78, 5) is 12.3. The number of thioether (sulfide) groups is 1. The van der Waals surface area contributed by atoms with Crippen molar-refractivity contribution in [2.75, 3.05) is 13.7 Å². The van der Waals surface area contributed by atoms with Crippen LogP contribution in [0.2, 0.25) is 18.1 Å². The minimum atomic E-state index is -1.68. The molecule has 0 unspecified atom stereocenters. The van der Waals surface area contributed by atoms with Crippen LogP contribution in [-0.2, 0) is 14.0 Å². The molecule has 23 heavy (non-hydrogen) atoms. The summed E-state index contributed by atoms with van der Waals surface area (Å²) in [6.45, 7) is 20.2. The van der Waals surface area contributed by atoms with Gasteiger partial charge in [0.2, 0.25) is 0 Å². The summed E-state index contributed by atoms with van der Waals surface area (Å²) in [7, 11) is 0.0196. The number of ether oxygens (including phenoxy) is 1. The van der Waals surface area contributed by atoms with Gasteiger partial charge in [-0.15, -0.1) is 0 Å². The highest BCUT2D eigenvalue weighted by Crippen LogP contribution is 2.36. The minimum absolute atomic E-state index is 0.0274. The summed E-state index contributed by atoms with van der Waals surface area (Å²) in [6, 6.07) is 0. The molecule has 138 valence electrons. The second-order valence-corrected chi connectivity index (χ2v) is 15.5. The van der Waals surface area contributed by atoms with Crippen molar-refractivity contribution in [3.8, 4) is 0 Å². The number of hydrogen-bond donors (Lipinski definition) is 0. The van der Waals surface area contributed by atoms with E-state index in [1.165, 1.54) is 11.8 Å². The molecule has 0 aromatic heterocycles. The third-order valence-corrected chi connectivity index (χ3v) is 10.3. The fourth-order valence-corrected chi connectivity index (χ4v) is 3.98. The first-order chi connectivity index (χ1) is 10.2. The number of carbonyl (C=O) groups excluding carboxylic acids is 1. The Morgan fingerprint density at radius 1 is 1.13 bits per heavy atom. The van der Waals surface area contributed by atoms with Crippen LogP contribution in [0.1, 0.15) is 61.3 Å². The highest BCUT2D eigenvalue weighted by Gasteiger charge is 2.37. The Morgan fingerprint density at radius 2 is 1.65 bits per heavy atom. The van der Waals surface area contributed by atoms with Crippen LogP contribution in [-0.4, -0.2) is 38.0 Å². The van der Waals surface area contributed by atoms with Crippen LogP contribution in [0.15, 0.2) is 0 Å². The zero-order chi connectivity index (χ0) is 18.5. The molecule has 0 aromatic rings. The molecule has 5 heteroatoms. The van der Waals surface area contributed by atoms with Gasteiger partial charge in [-0.25, -0.2) is 0 Å². The third-order valence-electron chi connectivity index (χ3n) is 4.54.